The molecule has 2 amide bonds. The Labute approximate surface area is 180 Å². The molecule has 1 unspecified atom stereocenters. The average Bonchev–Trinajstić information content (AvgIpc) is 2.95. The lowest BCUT2D eigenvalue weighted by molar-refractivity contribution is -0.133. The molecule has 1 fully saturated rings. The fraction of sp³-hybridized carbons (Fsp3) is 0.476. The van der Waals surface area contributed by atoms with Crippen LogP contribution < -0.4 is 5.73 Å². The first-order valence-electron chi connectivity index (χ1n) is 9.90. The van der Waals surface area contributed by atoms with E-state index in [0.29, 0.717) is 29.9 Å². The van der Waals surface area contributed by atoms with Crippen molar-refractivity contribution in [2.75, 3.05) is 33.2 Å². The smallest absolute Gasteiger partial charge is 0.244 e. The van der Waals surface area contributed by atoms with Crippen LogP contribution in [-0.2, 0) is 22.6 Å². The number of carbonyl (C=O) groups is 2. The molecule has 1 atom stereocenters. The van der Waals surface area contributed by atoms with Crippen molar-refractivity contribution in [1.82, 2.24) is 19.6 Å². The van der Waals surface area contributed by atoms with E-state index in [-0.39, 0.29) is 23.9 Å². The minimum Gasteiger partial charge on any atom is -0.369 e. The number of primary amides is 1. The van der Waals surface area contributed by atoms with Gasteiger partial charge in [-0.25, -0.2) is 4.39 Å². The van der Waals surface area contributed by atoms with Crippen molar-refractivity contribution in [2.24, 2.45) is 5.73 Å². The second kappa shape index (κ2) is 9.14. The average molecular weight is 436 g/mol. The number of aromatic nitrogens is 2. The van der Waals surface area contributed by atoms with Gasteiger partial charge in [-0.05, 0) is 45.0 Å². The first kappa shape index (κ1) is 22.2. The van der Waals surface area contributed by atoms with Crippen LogP contribution in [0.2, 0.25) is 5.02 Å². The summed E-state index contributed by atoms with van der Waals surface area (Å²) in [7, 11) is 2.03. The Bertz CT molecular complexity index is 953. The van der Waals surface area contributed by atoms with Crippen molar-refractivity contribution in [3.63, 3.8) is 0 Å². The molecule has 30 heavy (non-hydrogen) atoms. The molecular weight excluding hydrogens is 409 g/mol. The highest BCUT2D eigenvalue weighted by Crippen LogP contribution is 2.30. The van der Waals surface area contributed by atoms with Crippen molar-refractivity contribution >= 4 is 23.4 Å². The number of nitrogens with zero attached hydrogens (tertiary/aromatic N) is 4. The van der Waals surface area contributed by atoms with Crippen LogP contribution in [0, 0.1) is 19.7 Å². The number of aryl methyl sites for hydroxylation is 1. The second-order valence-corrected chi connectivity index (χ2v) is 8.23. The molecule has 9 heteroatoms. The van der Waals surface area contributed by atoms with Crippen LogP contribution in [0.4, 0.5) is 4.39 Å². The molecule has 162 valence electrons. The molecule has 2 N–H and O–H groups in total. The predicted octanol–water partition coefficient (Wildman–Crippen LogP) is 1.88. The SMILES string of the molecule is Cc1nn(CC(=O)N2CCN(C)CC2)c(C)c1C(Cc1ccc(F)cc1Cl)C(N)=O. The number of piperazine rings is 1. The van der Waals surface area contributed by atoms with Gasteiger partial charge in [0.25, 0.3) is 0 Å². The third kappa shape index (κ3) is 4.82. The van der Waals surface area contributed by atoms with Crippen LogP contribution in [-0.4, -0.2) is 64.6 Å². The van der Waals surface area contributed by atoms with E-state index in [4.69, 9.17) is 17.3 Å². The van der Waals surface area contributed by atoms with Crippen molar-refractivity contribution in [3.8, 4) is 0 Å². The highest BCUT2D eigenvalue weighted by atomic mass is 35.5. The van der Waals surface area contributed by atoms with E-state index in [1.54, 1.807) is 17.7 Å². The summed E-state index contributed by atoms with van der Waals surface area (Å²) in [5, 5.41) is 4.74. The van der Waals surface area contributed by atoms with Gasteiger partial charge in [0.05, 0.1) is 11.6 Å². The van der Waals surface area contributed by atoms with Crippen LogP contribution in [0.25, 0.3) is 0 Å². The van der Waals surface area contributed by atoms with Crippen molar-refractivity contribution < 1.29 is 14.0 Å². The summed E-state index contributed by atoms with van der Waals surface area (Å²) < 4.78 is 15.0. The highest BCUT2D eigenvalue weighted by Gasteiger charge is 2.28. The molecule has 0 spiro atoms. The molecule has 7 nitrogen and oxygen atoms in total. The number of hydrogen-bond donors (Lipinski definition) is 1. The molecular formula is C21H27ClFN5O2. The minimum absolute atomic E-state index is 0.00236. The number of rotatable bonds is 6. The molecule has 0 bridgehead atoms. The molecule has 0 radical (unpaired) electrons. The molecule has 2 aromatic rings. The van der Waals surface area contributed by atoms with E-state index in [9.17, 15) is 14.0 Å². The molecule has 2 heterocycles. The van der Waals surface area contributed by atoms with E-state index in [1.807, 2.05) is 18.9 Å². The first-order chi connectivity index (χ1) is 14.2. The van der Waals surface area contributed by atoms with Crippen molar-refractivity contribution in [2.45, 2.75) is 32.7 Å². The van der Waals surface area contributed by atoms with Gasteiger partial charge in [0.15, 0.2) is 0 Å². The summed E-state index contributed by atoms with van der Waals surface area (Å²) in [6.07, 6.45) is 0.230. The number of likely N-dealkylation sites (N-methyl/N-ethyl adjacent to an activating group) is 1. The fourth-order valence-electron chi connectivity index (χ4n) is 3.91. The number of hydrogen-bond acceptors (Lipinski definition) is 4. The maximum Gasteiger partial charge on any atom is 0.244 e. The van der Waals surface area contributed by atoms with Crippen LogP contribution in [0.3, 0.4) is 0 Å². The molecule has 3 rings (SSSR count). The molecule has 0 aliphatic carbocycles. The monoisotopic (exact) mass is 435 g/mol. The van der Waals surface area contributed by atoms with Crippen LogP contribution in [0.1, 0.15) is 28.4 Å². The summed E-state index contributed by atoms with van der Waals surface area (Å²) >= 11 is 6.15. The normalized spacial score (nSPS) is 16.0. The van der Waals surface area contributed by atoms with E-state index in [2.05, 4.69) is 10.00 Å². The zero-order valence-corrected chi connectivity index (χ0v) is 18.2. The summed E-state index contributed by atoms with van der Waals surface area (Å²) in [6.45, 7) is 6.80. The summed E-state index contributed by atoms with van der Waals surface area (Å²) in [4.78, 5) is 29.0. The van der Waals surface area contributed by atoms with Gasteiger partial charge in [-0.1, -0.05) is 17.7 Å². The van der Waals surface area contributed by atoms with Crippen LogP contribution in [0.5, 0.6) is 0 Å². The van der Waals surface area contributed by atoms with Crippen molar-refractivity contribution in [3.05, 3.63) is 51.6 Å². The molecule has 1 saturated heterocycles. The lowest BCUT2D eigenvalue weighted by Crippen LogP contribution is -2.48. The van der Waals surface area contributed by atoms with Gasteiger partial charge < -0.3 is 15.5 Å². The third-order valence-electron chi connectivity index (χ3n) is 5.71. The lowest BCUT2D eigenvalue weighted by Gasteiger charge is -2.32. The maximum absolute atomic E-state index is 13.4. The van der Waals surface area contributed by atoms with Gasteiger partial charge in [-0.2, -0.15) is 5.10 Å². The fourth-order valence-corrected chi connectivity index (χ4v) is 4.15. The van der Waals surface area contributed by atoms with E-state index >= 15 is 0 Å². The summed E-state index contributed by atoms with van der Waals surface area (Å²) in [5.74, 6) is -1.65. The zero-order chi connectivity index (χ0) is 22.0. The predicted molar refractivity (Wildman–Crippen MR) is 113 cm³/mol. The Morgan fingerprint density at radius 3 is 2.50 bits per heavy atom. The van der Waals surface area contributed by atoms with Crippen LogP contribution >= 0.6 is 11.6 Å². The number of nitrogens with two attached hydrogens (primary N) is 1. The van der Waals surface area contributed by atoms with E-state index in [0.717, 1.165) is 18.8 Å². The Balaban J connectivity index is 1.83. The number of benzene rings is 1. The molecule has 1 aromatic carbocycles. The largest absolute Gasteiger partial charge is 0.369 e. The Hall–Kier alpha value is -2.45. The standard InChI is InChI=1S/C21H27ClFN5O2/c1-13-20(17(21(24)30)10-15-4-5-16(23)11-18(15)22)14(2)28(25-13)12-19(29)27-8-6-26(3)7-9-27/h4-5,11,17H,6-10,12H2,1-3H3,(H2,24,30). The van der Waals surface area contributed by atoms with Gasteiger partial charge >= 0.3 is 0 Å². The van der Waals surface area contributed by atoms with Gasteiger partial charge in [0.2, 0.25) is 11.8 Å². The Morgan fingerprint density at radius 2 is 1.90 bits per heavy atom. The third-order valence-corrected chi connectivity index (χ3v) is 6.06. The summed E-state index contributed by atoms with van der Waals surface area (Å²) in [6, 6.07) is 4.07. The minimum atomic E-state index is -0.680. The molecule has 1 aliphatic rings. The Kier molecular flexibility index (Phi) is 6.77. The molecule has 1 aromatic heterocycles. The quantitative estimate of drug-likeness (QED) is 0.750. The zero-order valence-electron chi connectivity index (χ0n) is 17.5. The van der Waals surface area contributed by atoms with Crippen LogP contribution in [0.15, 0.2) is 18.2 Å². The molecule has 0 saturated carbocycles. The van der Waals surface area contributed by atoms with E-state index < -0.39 is 17.6 Å². The second-order valence-electron chi connectivity index (χ2n) is 7.82. The summed E-state index contributed by atoms with van der Waals surface area (Å²) in [5.41, 5.74) is 8.38. The van der Waals surface area contributed by atoms with Gasteiger partial charge in [-0.15, -0.1) is 0 Å². The molecule has 1 aliphatic heterocycles. The highest BCUT2D eigenvalue weighted by molar-refractivity contribution is 6.31. The van der Waals surface area contributed by atoms with Crippen molar-refractivity contribution in [1.29, 1.82) is 0 Å². The number of amides is 2. The number of halogens is 2. The number of carbonyl (C=O) groups excluding carboxylic acids is 2. The van der Waals surface area contributed by atoms with Gasteiger partial charge in [-0.3, -0.25) is 14.3 Å². The first-order valence-corrected chi connectivity index (χ1v) is 10.3. The topological polar surface area (TPSA) is 84.5 Å². The lowest BCUT2D eigenvalue weighted by atomic mass is 9.90. The van der Waals surface area contributed by atoms with Gasteiger partial charge in [0.1, 0.15) is 12.4 Å². The Morgan fingerprint density at radius 1 is 1.23 bits per heavy atom. The van der Waals surface area contributed by atoms with Gasteiger partial charge in [0, 0.05) is 42.5 Å². The maximum atomic E-state index is 13.4. The van der Waals surface area contributed by atoms with E-state index in [1.165, 1.54) is 12.1 Å².